The van der Waals surface area contributed by atoms with Crippen LogP contribution in [0.25, 0.3) is 10.9 Å². The number of anilines is 2. The summed E-state index contributed by atoms with van der Waals surface area (Å²) in [7, 11) is 0. The predicted octanol–water partition coefficient (Wildman–Crippen LogP) is 2.84. The summed E-state index contributed by atoms with van der Waals surface area (Å²) in [5.74, 6) is 2.01. The molecule has 2 fully saturated rings. The van der Waals surface area contributed by atoms with Crippen molar-refractivity contribution in [2.24, 2.45) is 5.92 Å². The molecule has 0 bridgehead atoms. The van der Waals surface area contributed by atoms with Crippen molar-refractivity contribution in [3.05, 3.63) is 53.9 Å². The van der Waals surface area contributed by atoms with Gasteiger partial charge in [-0.05, 0) is 31.0 Å². The Morgan fingerprint density at radius 1 is 1.07 bits per heavy atom. The van der Waals surface area contributed by atoms with Crippen molar-refractivity contribution < 1.29 is 9.47 Å². The van der Waals surface area contributed by atoms with Gasteiger partial charge in [-0.25, -0.2) is 4.98 Å². The molecule has 0 saturated carbocycles. The second kappa shape index (κ2) is 8.53. The molecule has 0 unspecified atom stereocenters. The Morgan fingerprint density at radius 2 is 1.93 bits per heavy atom. The van der Waals surface area contributed by atoms with E-state index in [0.717, 1.165) is 62.3 Å². The highest BCUT2D eigenvalue weighted by atomic mass is 16.5. The molecule has 2 aliphatic rings. The van der Waals surface area contributed by atoms with Crippen LogP contribution in [-0.2, 0) is 15.9 Å². The van der Waals surface area contributed by atoms with Crippen LogP contribution < -0.4 is 10.2 Å². The maximum atomic E-state index is 5.85. The van der Waals surface area contributed by atoms with E-state index in [4.69, 9.17) is 14.5 Å². The van der Waals surface area contributed by atoms with Crippen molar-refractivity contribution in [3.63, 3.8) is 0 Å². The van der Waals surface area contributed by atoms with Crippen LogP contribution in [0.1, 0.15) is 11.3 Å². The van der Waals surface area contributed by atoms with Gasteiger partial charge in [0.2, 0.25) is 5.95 Å². The molecule has 30 heavy (non-hydrogen) atoms. The Morgan fingerprint density at radius 3 is 2.83 bits per heavy atom. The van der Waals surface area contributed by atoms with Crippen molar-refractivity contribution in [1.82, 2.24) is 15.0 Å². The zero-order valence-corrected chi connectivity index (χ0v) is 17.3. The number of para-hydroxylation sites is 1. The van der Waals surface area contributed by atoms with E-state index in [0.29, 0.717) is 12.5 Å². The van der Waals surface area contributed by atoms with E-state index in [-0.39, 0.29) is 6.04 Å². The van der Waals surface area contributed by atoms with Gasteiger partial charge in [0.15, 0.2) is 0 Å². The summed E-state index contributed by atoms with van der Waals surface area (Å²) in [5.41, 5.74) is 3.32. The number of morpholine rings is 1. The van der Waals surface area contributed by atoms with Crippen LogP contribution in [0.4, 0.5) is 11.8 Å². The van der Waals surface area contributed by atoms with Crippen molar-refractivity contribution in [1.29, 1.82) is 0 Å². The number of hydrogen-bond donors (Lipinski definition) is 1. The monoisotopic (exact) mass is 405 g/mol. The largest absolute Gasteiger partial charge is 0.379 e. The average molecular weight is 406 g/mol. The van der Waals surface area contributed by atoms with Crippen LogP contribution in [0.5, 0.6) is 0 Å². The Bertz CT molecular complexity index is 1020. The van der Waals surface area contributed by atoms with Crippen LogP contribution in [0.2, 0.25) is 0 Å². The van der Waals surface area contributed by atoms with Crippen LogP contribution in [0.3, 0.4) is 0 Å². The first-order valence-corrected chi connectivity index (χ1v) is 10.6. The summed E-state index contributed by atoms with van der Waals surface area (Å²) in [4.78, 5) is 16.1. The summed E-state index contributed by atoms with van der Waals surface area (Å²) in [5, 5.41) is 4.85. The van der Waals surface area contributed by atoms with E-state index in [1.165, 1.54) is 10.9 Å². The summed E-state index contributed by atoms with van der Waals surface area (Å²) in [6, 6.07) is 12.7. The molecule has 0 radical (unpaired) electrons. The highest BCUT2D eigenvalue weighted by molar-refractivity contribution is 5.81. The lowest BCUT2D eigenvalue weighted by Gasteiger charge is -2.27. The number of benzene rings is 1. The molecule has 5 rings (SSSR count). The van der Waals surface area contributed by atoms with Crippen molar-refractivity contribution >= 4 is 22.7 Å². The minimum atomic E-state index is 0.212. The van der Waals surface area contributed by atoms with Crippen LogP contribution in [-0.4, -0.2) is 60.5 Å². The Hall–Kier alpha value is -2.77. The zero-order chi connectivity index (χ0) is 20.3. The van der Waals surface area contributed by atoms with Crippen molar-refractivity contribution in [2.45, 2.75) is 19.4 Å². The molecule has 0 aliphatic carbocycles. The quantitative estimate of drug-likeness (QED) is 0.700. The van der Waals surface area contributed by atoms with Gasteiger partial charge in [-0.15, -0.1) is 0 Å². The summed E-state index contributed by atoms with van der Waals surface area (Å²) >= 11 is 0. The number of hydrogen-bond acceptors (Lipinski definition) is 7. The normalized spacial score (nSPS) is 21.8. The number of ether oxygens (including phenoxy) is 2. The van der Waals surface area contributed by atoms with Gasteiger partial charge in [-0.2, -0.15) is 4.98 Å². The summed E-state index contributed by atoms with van der Waals surface area (Å²) in [6.45, 7) is 6.54. The number of nitrogens with zero attached hydrogens (tertiary/aromatic N) is 4. The molecule has 2 atom stereocenters. The number of aromatic nitrogens is 3. The minimum absolute atomic E-state index is 0.212. The lowest BCUT2D eigenvalue weighted by molar-refractivity contribution is 0.122. The SMILES string of the molecule is Cc1cc(N[C@@H]2COC[C@H]2Cc2ccnc3ccccc23)nc(N2CCOCC2)n1. The molecular weight excluding hydrogens is 378 g/mol. The Labute approximate surface area is 176 Å². The Balaban J connectivity index is 1.34. The van der Waals surface area contributed by atoms with Gasteiger partial charge in [-0.3, -0.25) is 4.98 Å². The zero-order valence-electron chi connectivity index (χ0n) is 17.3. The molecule has 4 heterocycles. The molecule has 7 heteroatoms. The third-order valence-electron chi connectivity index (χ3n) is 5.89. The fraction of sp³-hybridized carbons (Fsp3) is 0.435. The third-order valence-corrected chi connectivity index (χ3v) is 5.89. The van der Waals surface area contributed by atoms with Crippen LogP contribution >= 0.6 is 0 Å². The molecule has 1 N–H and O–H groups in total. The van der Waals surface area contributed by atoms with E-state index in [9.17, 15) is 0 Å². The predicted molar refractivity (Wildman–Crippen MR) is 117 cm³/mol. The standard InChI is InChI=1S/C23H27N5O2/c1-16-12-22(27-23(25-16)28-8-10-29-11-9-28)26-21-15-30-14-18(21)13-17-6-7-24-20-5-3-2-4-19(17)20/h2-7,12,18,21H,8-11,13-15H2,1H3,(H,25,26,27)/t18-,21-/m1/s1. The first-order chi connectivity index (χ1) is 14.8. The number of aryl methyl sites for hydroxylation is 1. The van der Waals surface area contributed by atoms with Gasteiger partial charge < -0.3 is 19.7 Å². The summed E-state index contributed by atoms with van der Waals surface area (Å²) < 4.78 is 11.3. The molecule has 0 spiro atoms. The van der Waals surface area contributed by atoms with Crippen molar-refractivity contribution in [3.8, 4) is 0 Å². The molecule has 0 amide bonds. The molecule has 156 valence electrons. The second-order valence-corrected chi connectivity index (χ2v) is 8.03. The molecule has 2 aromatic heterocycles. The van der Waals surface area contributed by atoms with Gasteiger partial charge >= 0.3 is 0 Å². The van der Waals surface area contributed by atoms with Crippen molar-refractivity contribution in [2.75, 3.05) is 49.7 Å². The van der Waals surface area contributed by atoms with E-state index in [1.54, 1.807) is 0 Å². The Kier molecular flexibility index (Phi) is 5.46. The van der Waals surface area contributed by atoms with Gasteiger partial charge in [-0.1, -0.05) is 18.2 Å². The summed E-state index contributed by atoms with van der Waals surface area (Å²) in [6.07, 6.45) is 2.85. The maximum absolute atomic E-state index is 5.85. The molecule has 7 nitrogen and oxygen atoms in total. The van der Waals surface area contributed by atoms with E-state index < -0.39 is 0 Å². The maximum Gasteiger partial charge on any atom is 0.227 e. The number of fused-ring (bicyclic) bond motifs is 1. The molecule has 3 aromatic rings. The first kappa shape index (κ1) is 19.2. The fourth-order valence-corrected chi connectivity index (χ4v) is 4.30. The third kappa shape index (κ3) is 4.08. The fourth-order valence-electron chi connectivity index (χ4n) is 4.30. The van der Waals surface area contributed by atoms with Gasteiger partial charge in [0, 0.05) is 42.4 Å². The number of pyridine rings is 1. The van der Waals surface area contributed by atoms with Crippen LogP contribution in [0.15, 0.2) is 42.6 Å². The van der Waals surface area contributed by atoms with Gasteiger partial charge in [0.25, 0.3) is 0 Å². The van der Waals surface area contributed by atoms with E-state index >= 15 is 0 Å². The number of rotatable bonds is 5. The molecular formula is C23H27N5O2. The highest BCUT2D eigenvalue weighted by Crippen LogP contribution is 2.26. The second-order valence-electron chi connectivity index (χ2n) is 8.03. The van der Waals surface area contributed by atoms with Gasteiger partial charge in [0.05, 0.1) is 38.0 Å². The van der Waals surface area contributed by atoms with E-state index in [2.05, 4.69) is 44.5 Å². The smallest absolute Gasteiger partial charge is 0.227 e. The molecule has 2 saturated heterocycles. The number of nitrogens with one attached hydrogen (secondary N) is 1. The molecule has 2 aliphatic heterocycles. The minimum Gasteiger partial charge on any atom is -0.379 e. The topological polar surface area (TPSA) is 72.4 Å². The lowest BCUT2D eigenvalue weighted by Crippen LogP contribution is -2.37. The van der Waals surface area contributed by atoms with Crippen LogP contribution in [0, 0.1) is 12.8 Å². The highest BCUT2D eigenvalue weighted by Gasteiger charge is 2.29. The molecule has 1 aromatic carbocycles. The first-order valence-electron chi connectivity index (χ1n) is 10.6. The van der Waals surface area contributed by atoms with Gasteiger partial charge in [0.1, 0.15) is 5.82 Å². The average Bonchev–Trinajstić information content (AvgIpc) is 3.21. The lowest BCUT2D eigenvalue weighted by atomic mass is 9.93. The van der Waals surface area contributed by atoms with E-state index in [1.807, 2.05) is 25.3 Å².